The van der Waals surface area contributed by atoms with E-state index in [9.17, 15) is 0 Å². The molecule has 3 nitrogen and oxygen atoms in total. The summed E-state index contributed by atoms with van der Waals surface area (Å²) in [6, 6.07) is 6.00. The zero-order valence-corrected chi connectivity index (χ0v) is 10.9. The molecule has 2 aromatic rings. The van der Waals surface area contributed by atoms with Crippen molar-refractivity contribution in [3.05, 3.63) is 33.9 Å². The number of halogens is 1. The number of hydrogen-bond donors (Lipinski definition) is 2. The number of nitrogens with zero attached hydrogens (tertiary/aromatic N) is 1. The Kier molecular flexibility index (Phi) is 3.12. The molecule has 3 N–H and O–H groups in total. The minimum Gasteiger partial charge on any atom is -0.323 e. The topological polar surface area (TPSA) is 50.9 Å². The van der Waals surface area contributed by atoms with Crippen LogP contribution in [-0.2, 0) is 6.42 Å². The molecular weight excluding hydrogens is 266 g/mol. The van der Waals surface area contributed by atoms with Gasteiger partial charge >= 0.3 is 0 Å². The Hall–Kier alpha value is -1.13. The van der Waals surface area contributed by atoms with Crippen LogP contribution >= 0.6 is 15.9 Å². The largest absolute Gasteiger partial charge is 0.323 e. The summed E-state index contributed by atoms with van der Waals surface area (Å²) < 4.78 is 0.996. The number of nitrogens with one attached hydrogen (secondary N) is 1. The molecule has 0 aliphatic heterocycles. The molecule has 2 rings (SSSR count). The number of hydrazine groups is 1. The number of fused-ring (bicyclic) bond motifs is 1. The van der Waals surface area contributed by atoms with Crippen LogP contribution < -0.4 is 11.3 Å². The molecule has 1 aromatic heterocycles. The predicted octanol–water partition coefficient (Wildman–Crippen LogP) is 3.15. The van der Waals surface area contributed by atoms with E-state index in [1.54, 1.807) is 0 Å². The van der Waals surface area contributed by atoms with E-state index in [0.717, 1.165) is 38.7 Å². The number of benzene rings is 1. The maximum Gasteiger partial charge on any atom is 0.0868 e. The van der Waals surface area contributed by atoms with Gasteiger partial charge in [-0.05, 0) is 40.9 Å². The highest BCUT2D eigenvalue weighted by molar-refractivity contribution is 9.10. The van der Waals surface area contributed by atoms with Crippen molar-refractivity contribution in [3.8, 4) is 0 Å². The van der Waals surface area contributed by atoms with Crippen LogP contribution in [0.15, 0.2) is 22.7 Å². The SMILES string of the molecule is CCc1nc2c(Br)cccc2c(NN)c1C. The van der Waals surface area contributed by atoms with Crippen LogP contribution in [0.5, 0.6) is 0 Å². The average Bonchev–Trinajstić information content (AvgIpc) is 2.29. The monoisotopic (exact) mass is 279 g/mol. The Morgan fingerprint density at radius 2 is 2.19 bits per heavy atom. The molecular formula is C12H14BrN3. The van der Waals surface area contributed by atoms with Crippen molar-refractivity contribution in [2.24, 2.45) is 5.84 Å². The highest BCUT2D eigenvalue weighted by Crippen LogP contribution is 2.31. The molecule has 0 spiro atoms. The summed E-state index contributed by atoms with van der Waals surface area (Å²) in [4.78, 5) is 4.66. The van der Waals surface area contributed by atoms with Crippen molar-refractivity contribution in [1.29, 1.82) is 0 Å². The van der Waals surface area contributed by atoms with Gasteiger partial charge in [-0.25, -0.2) is 0 Å². The first kappa shape index (κ1) is 11.4. The van der Waals surface area contributed by atoms with E-state index in [1.165, 1.54) is 0 Å². The third-order valence-corrected chi connectivity index (χ3v) is 3.43. The number of nitrogen functional groups attached to an aromatic ring is 1. The van der Waals surface area contributed by atoms with Crippen LogP contribution in [0.4, 0.5) is 5.69 Å². The number of para-hydroxylation sites is 1. The van der Waals surface area contributed by atoms with Crippen LogP contribution in [0.2, 0.25) is 0 Å². The van der Waals surface area contributed by atoms with Crippen molar-refractivity contribution in [2.75, 3.05) is 5.43 Å². The van der Waals surface area contributed by atoms with Crippen LogP contribution in [0, 0.1) is 6.92 Å². The quantitative estimate of drug-likeness (QED) is 0.656. The third kappa shape index (κ3) is 1.68. The number of aromatic nitrogens is 1. The molecule has 0 amide bonds. The van der Waals surface area contributed by atoms with Crippen LogP contribution in [0.25, 0.3) is 10.9 Å². The van der Waals surface area contributed by atoms with E-state index < -0.39 is 0 Å². The number of nitrogens with two attached hydrogens (primary N) is 1. The van der Waals surface area contributed by atoms with Gasteiger partial charge in [0, 0.05) is 15.6 Å². The molecule has 16 heavy (non-hydrogen) atoms. The highest BCUT2D eigenvalue weighted by atomic mass is 79.9. The van der Waals surface area contributed by atoms with Crippen molar-refractivity contribution in [2.45, 2.75) is 20.3 Å². The molecule has 0 saturated carbocycles. The molecule has 4 heteroatoms. The second kappa shape index (κ2) is 4.39. The van der Waals surface area contributed by atoms with Crippen LogP contribution in [-0.4, -0.2) is 4.98 Å². The zero-order valence-electron chi connectivity index (χ0n) is 9.34. The number of pyridine rings is 1. The summed E-state index contributed by atoms with van der Waals surface area (Å²) in [6.45, 7) is 4.14. The van der Waals surface area contributed by atoms with Crippen LogP contribution in [0.3, 0.4) is 0 Å². The lowest BCUT2D eigenvalue weighted by molar-refractivity contribution is 1.03. The molecule has 0 unspecified atom stereocenters. The van der Waals surface area contributed by atoms with Gasteiger partial charge in [0.15, 0.2) is 0 Å². The minimum atomic E-state index is 0.901. The second-order valence-corrected chi connectivity index (χ2v) is 4.55. The van der Waals surface area contributed by atoms with Crippen molar-refractivity contribution >= 4 is 32.5 Å². The smallest absolute Gasteiger partial charge is 0.0868 e. The zero-order chi connectivity index (χ0) is 11.7. The Morgan fingerprint density at radius 1 is 1.44 bits per heavy atom. The van der Waals surface area contributed by atoms with Gasteiger partial charge in [-0.1, -0.05) is 19.1 Å². The predicted molar refractivity (Wildman–Crippen MR) is 71.4 cm³/mol. The Balaban J connectivity index is 2.89. The third-order valence-electron chi connectivity index (χ3n) is 2.79. The number of rotatable bonds is 2. The summed E-state index contributed by atoms with van der Waals surface area (Å²) in [7, 11) is 0. The summed E-state index contributed by atoms with van der Waals surface area (Å²) in [6.07, 6.45) is 0.901. The normalized spacial score (nSPS) is 10.8. The van der Waals surface area contributed by atoms with Gasteiger partial charge in [0.05, 0.1) is 11.2 Å². The van der Waals surface area contributed by atoms with E-state index in [0.29, 0.717) is 0 Å². The van der Waals surface area contributed by atoms with Gasteiger partial charge in [0.1, 0.15) is 0 Å². The van der Waals surface area contributed by atoms with Gasteiger partial charge in [0.25, 0.3) is 0 Å². The molecule has 0 fully saturated rings. The second-order valence-electron chi connectivity index (χ2n) is 3.69. The fourth-order valence-electron chi connectivity index (χ4n) is 1.93. The van der Waals surface area contributed by atoms with Crippen LogP contribution in [0.1, 0.15) is 18.2 Å². The minimum absolute atomic E-state index is 0.901. The Bertz CT molecular complexity index is 537. The summed E-state index contributed by atoms with van der Waals surface area (Å²) in [5, 5.41) is 1.05. The molecule has 1 heterocycles. The molecule has 84 valence electrons. The van der Waals surface area contributed by atoms with Crippen molar-refractivity contribution < 1.29 is 0 Å². The van der Waals surface area contributed by atoms with E-state index >= 15 is 0 Å². The number of anilines is 1. The Labute approximate surface area is 103 Å². The first-order valence-electron chi connectivity index (χ1n) is 5.23. The first-order valence-corrected chi connectivity index (χ1v) is 6.02. The lowest BCUT2D eigenvalue weighted by atomic mass is 10.1. The first-order chi connectivity index (χ1) is 7.69. The van der Waals surface area contributed by atoms with E-state index in [4.69, 9.17) is 5.84 Å². The van der Waals surface area contributed by atoms with Gasteiger partial charge in [-0.2, -0.15) is 0 Å². The van der Waals surface area contributed by atoms with Gasteiger partial charge in [0.2, 0.25) is 0 Å². The molecule has 0 bridgehead atoms. The van der Waals surface area contributed by atoms with Crippen molar-refractivity contribution in [3.63, 3.8) is 0 Å². The molecule has 0 saturated heterocycles. The summed E-state index contributed by atoms with van der Waals surface area (Å²) >= 11 is 3.52. The lowest BCUT2D eigenvalue weighted by Gasteiger charge is -2.13. The Morgan fingerprint density at radius 3 is 2.81 bits per heavy atom. The van der Waals surface area contributed by atoms with E-state index in [1.807, 2.05) is 25.1 Å². The molecule has 0 atom stereocenters. The fourth-order valence-corrected chi connectivity index (χ4v) is 2.38. The molecule has 0 aliphatic rings. The maximum absolute atomic E-state index is 5.60. The number of hydrogen-bond acceptors (Lipinski definition) is 3. The van der Waals surface area contributed by atoms with Gasteiger partial charge in [-0.15, -0.1) is 0 Å². The lowest BCUT2D eigenvalue weighted by Crippen LogP contribution is -2.11. The number of aryl methyl sites for hydroxylation is 1. The van der Waals surface area contributed by atoms with Gasteiger partial charge < -0.3 is 5.43 Å². The summed E-state index contributed by atoms with van der Waals surface area (Å²) in [5.41, 5.74) is 6.89. The van der Waals surface area contributed by atoms with E-state index in [2.05, 4.69) is 33.3 Å². The molecule has 1 aromatic carbocycles. The molecule has 0 radical (unpaired) electrons. The fraction of sp³-hybridized carbons (Fsp3) is 0.250. The highest BCUT2D eigenvalue weighted by Gasteiger charge is 2.11. The molecule has 0 aliphatic carbocycles. The summed E-state index contributed by atoms with van der Waals surface area (Å²) in [5.74, 6) is 5.60. The van der Waals surface area contributed by atoms with Crippen molar-refractivity contribution in [1.82, 2.24) is 4.98 Å². The average molecular weight is 280 g/mol. The standard InChI is InChI=1S/C12H14BrN3/c1-3-10-7(2)11(16-14)8-5-4-6-9(13)12(8)15-10/h4-6H,3,14H2,1-2H3,(H,15,16). The maximum atomic E-state index is 5.60. The van der Waals surface area contributed by atoms with Gasteiger partial charge in [-0.3, -0.25) is 10.8 Å². The van der Waals surface area contributed by atoms with E-state index in [-0.39, 0.29) is 0 Å².